The summed E-state index contributed by atoms with van der Waals surface area (Å²) in [5, 5.41) is 4.44. The first kappa shape index (κ1) is 15.8. The molecule has 4 nitrogen and oxygen atoms in total. The largest absolute Gasteiger partial charge is 0.383 e. The minimum Gasteiger partial charge on any atom is -0.383 e. The molecule has 18 heavy (non-hydrogen) atoms. The highest BCUT2D eigenvalue weighted by molar-refractivity contribution is 7.98. The maximum absolute atomic E-state index is 4.99. The summed E-state index contributed by atoms with van der Waals surface area (Å²) < 4.78 is 4.99. The van der Waals surface area contributed by atoms with Gasteiger partial charge >= 0.3 is 0 Å². The number of methoxy groups -OCH3 is 1. The summed E-state index contributed by atoms with van der Waals surface area (Å²) in [4.78, 5) is 7.97. The normalized spacial score (nSPS) is 10.8. The van der Waals surface area contributed by atoms with Crippen LogP contribution >= 0.6 is 23.1 Å². The standard InChI is InChI=1S/C12H23N3OS2/c1-15(6-4-8-17-3)12-14-10-11(18-12)9-13-5-7-16-2/h10,13H,4-9H2,1-3H3. The van der Waals surface area contributed by atoms with E-state index in [2.05, 4.69) is 28.5 Å². The third kappa shape index (κ3) is 6.04. The Kier molecular flexibility index (Phi) is 8.41. The summed E-state index contributed by atoms with van der Waals surface area (Å²) in [6.07, 6.45) is 5.32. The molecule has 0 saturated heterocycles. The predicted molar refractivity (Wildman–Crippen MR) is 82.0 cm³/mol. The van der Waals surface area contributed by atoms with Crippen LogP contribution in [0.15, 0.2) is 6.20 Å². The van der Waals surface area contributed by atoms with E-state index in [4.69, 9.17) is 4.74 Å². The van der Waals surface area contributed by atoms with Gasteiger partial charge in [0, 0.05) is 44.9 Å². The third-order valence-corrected chi connectivity index (χ3v) is 4.30. The van der Waals surface area contributed by atoms with E-state index in [0.717, 1.165) is 31.4 Å². The highest BCUT2D eigenvalue weighted by Crippen LogP contribution is 2.21. The first-order valence-corrected chi connectivity index (χ1v) is 8.33. The first-order chi connectivity index (χ1) is 8.77. The number of ether oxygens (including phenoxy) is 1. The summed E-state index contributed by atoms with van der Waals surface area (Å²) in [7, 11) is 3.83. The van der Waals surface area contributed by atoms with Crippen molar-refractivity contribution in [1.29, 1.82) is 0 Å². The molecule has 0 aliphatic carbocycles. The van der Waals surface area contributed by atoms with Crippen molar-refractivity contribution in [3.05, 3.63) is 11.1 Å². The molecule has 0 spiro atoms. The second-order valence-corrected chi connectivity index (χ2v) is 6.13. The van der Waals surface area contributed by atoms with Gasteiger partial charge in [0.15, 0.2) is 5.13 Å². The molecule has 1 aromatic heterocycles. The van der Waals surface area contributed by atoms with Gasteiger partial charge in [-0.15, -0.1) is 11.3 Å². The van der Waals surface area contributed by atoms with E-state index in [1.807, 2.05) is 18.0 Å². The molecule has 0 bridgehead atoms. The van der Waals surface area contributed by atoms with E-state index in [1.165, 1.54) is 17.1 Å². The van der Waals surface area contributed by atoms with Gasteiger partial charge in [0.2, 0.25) is 0 Å². The summed E-state index contributed by atoms with van der Waals surface area (Å²) in [5.74, 6) is 1.21. The number of rotatable bonds is 10. The van der Waals surface area contributed by atoms with Gasteiger partial charge in [-0.05, 0) is 18.4 Å². The van der Waals surface area contributed by atoms with Crippen molar-refractivity contribution >= 4 is 28.2 Å². The van der Waals surface area contributed by atoms with Crippen molar-refractivity contribution < 1.29 is 4.74 Å². The van der Waals surface area contributed by atoms with Crippen molar-refractivity contribution in [1.82, 2.24) is 10.3 Å². The zero-order valence-corrected chi connectivity index (χ0v) is 13.1. The smallest absolute Gasteiger partial charge is 0.185 e. The van der Waals surface area contributed by atoms with E-state index in [-0.39, 0.29) is 0 Å². The van der Waals surface area contributed by atoms with Crippen LogP contribution in [0.4, 0.5) is 5.13 Å². The SMILES string of the molecule is COCCNCc1cnc(N(C)CCCSC)s1. The average molecular weight is 289 g/mol. The Bertz CT molecular complexity index is 320. The zero-order valence-electron chi connectivity index (χ0n) is 11.4. The fraction of sp³-hybridized carbons (Fsp3) is 0.750. The number of aromatic nitrogens is 1. The third-order valence-electron chi connectivity index (χ3n) is 2.49. The topological polar surface area (TPSA) is 37.4 Å². The van der Waals surface area contributed by atoms with Gasteiger partial charge in [0.25, 0.3) is 0 Å². The van der Waals surface area contributed by atoms with E-state index in [0.29, 0.717) is 0 Å². The van der Waals surface area contributed by atoms with Gasteiger partial charge in [-0.1, -0.05) is 0 Å². The highest BCUT2D eigenvalue weighted by atomic mass is 32.2. The van der Waals surface area contributed by atoms with E-state index in [1.54, 1.807) is 18.4 Å². The Labute approximate surface area is 118 Å². The number of anilines is 1. The molecule has 1 rings (SSSR count). The molecule has 1 heterocycles. The molecule has 0 aromatic carbocycles. The molecule has 6 heteroatoms. The van der Waals surface area contributed by atoms with Crippen LogP contribution < -0.4 is 10.2 Å². The van der Waals surface area contributed by atoms with Gasteiger partial charge < -0.3 is 15.0 Å². The summed E-state index contributed by atoms with van der Waals surface area (Å²) >= 11 is 3.66. The quantitative estimate of drug-likeness (QED) is 0.667. The fourth-order valence-electron chi connectivity index (χ4n) is 1.48. The Balaban J connectivity index is 2.28. The molecule has 104 valence electrons. The number of nitrogens with zero attached hydrogens (tertiary/aromatic N) is 2. The van der Waals surface area contributed by atoms with Gasteiger partial charge in [-0.2, -0.15) is 11.8 Å². The molecule has 0 atom stereocenters. The minimum absolute atomic E-state index is 0.750. The Morgan fingerprint density at radius 2 is 2.39 bits per heavy atom. The Morgan fingerprint density at radius 3 is 3.11 bits per heavy atom. The van der Waals surface area contributed by atoms with Crippen LogP contribution in [0.2, 0.25) is 0 Å². The monoisotopic (exact) mass is 289 g/mol. The van der Waals surface area contributed by atoms with Crippen molar-refractivity contribution in [2.75, 3.05) is 50.8 Å². The van der Waals surface area contributed by atoms with Crippen LogP contribution in [0.1, 0.15) is 11.3 Å². The second-order valence-electron chi connectivity index (χ2n) is 4.05. The van der Waals surface area contributed by atoms with Crippen molar-refractivity contribution in [3.8, 4) is 0 Å². The zero-order chi connectivity index (χ0) is 13.2. The summed E-state index contributed by atoms with van der Waals surface area (Å²) in [6.45, 7) is 3.58. The first-order valence-electron chi connectivity index (χ1n) is 6.12. The molecule has 0 fully saturated rings. The number of hydrogen-bond acceptors (Lipinski definition) is 6. The van der Waals surface area contributed by atoms with Crippen molar-refractivity contribution in [2.45, 2.75) is 13.0 Å². The molecule has 1 N–H and O–H groups in total. The highest BCUT2D eigenvalue weighted by Gasteiger charge is 2.06. The number of thioether (sulfide) groups is 1. The molecule has 0 unspecified atom stereocenters. The maximum Gasteiger partial charge on any atom is 0.185 e. The molecule has 1 aromatic rings. The van der Waals surface area contributed by atoms with Crippen LogP contribution in [-0.2, 0) is 11.3 Å². The molecule has 0 amide bonds. The lowest BCUT2D eigenvalue weighted by Gasteiger charge is -2.14. The molecular formula is C12H23N3OS2. The molecular weight excluding hydrogens is 266 g/mol. The molecule has 0 radical (unpaired) electrons. The average Bonchev–Trinajstić information content (AvgIpc) is 2.84. The molecule has 0 aliphatic rings. The van der Waals surface area contributed by atoms with E-state index in [9.17, 15) is 0 Å². The number of hydrogen-bond donors (Lipinski definition) is 1. The Hall–Kier alpha value is -0.300. The van der Waals surface area contributed by atoms with E-state index < -0.39 is 0 Å². The maximum atomic E-state index is 4.99. The number of thiazole rings is 1. The van der Waals surface area contributed by atoms with Gasteiger partial charge in [0.1, 0.15) is 0 Å². The van der Waals surface area contributed by atoms with Crippen LogP contribution in [0.5, 0.6) is 0 Å². The summed E-state index contributed by atoms with van der Waals surface area (Å²) in [6, 6.07) is 0. The lowest BCUT2D eigenvalue weighted by atomic mass is 10.4. The van der Waals surface area contributed by atoms with Gasteiger partial charge in [-0.3, -0.25) is 0 Å². The van der Waals surface area contributed by atoms with Crippen molar-refractivity contribution in [2.24, 2.45) is 0 Å². The van der Waals surface area contributed by atoms with Crippen LogP contribution in [0.3, 0.4) is 0 Å². The van der Waals surface area contributed by atoms with Gasteiger partial charge in [0.05, 0.1) is 6.61 Å². The summed E-state index contributed by atoms with van der Waals surface area (Å²) in [5.41, 5.74) is 0. The predicted octanol–water partition coefficient (Wildman–Crippen LogP) is 2.07. The van der Waals surface area contributed by atoms with Gasteiger partial charge in [-0.25, -0.2) is 4.98 Å². The fourth-order valence-corrected chi connectivity index (χ4v) is 2.77. The lowest BCUT2D eigenvalue weighted by Crippen LogP contribution is -2.18. The van der Waals surface area contributed by atoms with Crippen LogP contribution in [-0.4, -0.2) is 50.8 Å². The second kappa shape index (κ2) is 9.61. The number of nitrogens with one attached hydrogen (secondary N) is 1. The molecule has 0 saturated carbocycles. The van der Waals surface area contributed by atoms with E-state index >= 15 is 0 Å². The Morgan fingerprint density at radius 1 is 1.56 bits per heavy atom. The minimum atomic E-state index is 0.750. The van der Waals surface area contributed by atoms with Crippen LogP contribution in [0.25, 0.3) is 0 Å². The lowest BCUT2D eigenvalue weighted by molar-refractivity contribution is 0.199. The van der Waals surface area contributed by atoms with Crippen molar-refractivity contribution in [3.63, 3.8) is 0 Å². The van der Waals surface area contributed by atoms with Crippen LogP contribution in [0, 0.1) is 0 Å². The molecule has 0 aliphatic heterocycles.